The molecule has 0 aromatic rings. The van der Waals surface area contributed by atoms with E-state index in [-0.39, 0.29) is 30.0 Å². The molecule has 0 aliphatic heterocycles. The summed E-state index contributed by atoms with van der Waals surface area (Å²) in [6.45, 7) is 5.18. The van der Waals surface area contributed by atoms with Crippen LogP contribution >= 0.6 is 23.4 Å². The molecule has 5 nitrogen and oxygen atoms in total. The molecule has 1 N–H and O–H groups in total. The fourth-order valence-corrected chi connectivity index (χ4v) is 10.5. The quantitative estimate of drug-likeness (QED) is 0.272. The van der Waals surface area contributed by atoms with E-state index in [1.165, 1.54) is 24.6 Å². The van der Waals surface area contributed by atoms with Crippen LogP contribution in [0.25, 0.3) is 0 Å². The lowest BCUT2D eigenvalue weighted by Gasteiger charge is -2.63. The highest BCUT2D eigenvalue weighted by Crippen LogP contribution is 2.72. The number of aliphatic hydroxyl groups excluding tert-OH is 1. The van der Waals surface area contributed by atoms with Crippen molar-refractivity contribution in [2.75, 3.05) is 5.21 Å². The van der Waals surface area contributed by atoms with E-state index in [1.54, 1.807) is 13.8 Å². The summed E-state index contributed by atoms with van der Waals surface area (Å²) >= 11 is 6.86. The van der Waals surface area contributed by atoms with E-state index in [1.807, 2.05) is 6.92 Å². The Bertz CT molecular complexity index is 1120. The van der Waals surface area contributed by atoms with Gasteiger partial charge in [0, 0.05) is 29.1 Å². The van der Waals surface area contributed by atoms with Gasteiger partial charge in [-0.25, -0.2) is 8.78 Å². The molecule has 9 atom stereocenters. The van der Waals surface area contributed by atoms with Gasteiger partial charge >= 0.3 is 5.97 Å². The van der Waals surface area contributed by atoms with Crippen LogP contribution in [0.3, 0.4) is 0 Å². The lowest BCUT2D eigenvalue weighted by Crippen LogP contribution is -2.70. The van der Waals surface area contributed by atoms with Gasteiger partial charge in [0.25, 0.3) is 0 Å². The van der Waals surface area contributed by atoms with Gasteiger partial charge in [-0.2, -0.15) is 0 Å². The number of alkyl halides is 3. The molecule has 4 fully saturated rings. The molecule has 9 heteroatoms. The van der Waals surface area contributed by atoms with Gasteiger partial charge in [-0.3, -0.25) is 14.4 Å². The number of carbonyl (C=O) groups is 3. The van der Waals surface area contributed by atoms with Crippen molar-refractivity contribution < 1.29 is 33.0 Å². The Morgan fingerprint density at radius 2 is 1.88 bits per heavy atom. The van der Waals surface area contributed by atoms with Crippen molar-refractivity contribution in [3.05, 3.63) is 23.8 Å². The van der Waals surface area contributed by atoms with Crippen LogP contribution in [0.15, 0.2) is 23.8 Å². The predicted octanol–water partition coefficient (Wildman–Crippen LogP) is 6.65. The molecule has 0 spiro atoms. The summed E-state index contributed by atoms with van der Waals surface area (Å²) in [6, 6.07) is 0. The predicted molar refractivity (Wildman–Crippen MR) is 151 cm³/mol. The van der Waals surface area contributed by atoms with Crippen LogP contribution in [0.2, 0.25) is 0 Å². The molecule has 222 valence electrons. The normalized spacial score (nSPS) is 44.8. The maximum absolute atomic E-state index is 17.5. The maximum atomic E-state index is 17.5. The highest BCUT2D eigenvalue weighted by atomic mass is 35.5. The highest BCUT2D eigenvalue weighted by molar-refractivity contribution is 8.14. The largest absolute Gasteiger partial charge is 0.449 e. The smallest absolute Gasteiger partial charge is 0.306 e. The van der Waals surface area contributed by atoms with E-state index in [4.69, 9.17) is 16.3 Å². The molecule has 0 aromatic carbocycles. The standard InChI is InChI=1S/C31H41ClF2O5S/c1-18-13-21-22-15-24(33)23-14-20(35)11-12-28(23,2)30(22,34)25(36)16-29(21,3)31(18,27(38)40-17-32)39-26(37)10-9-19-7-5-4-6-8-19/h11-12,14,18-19,21-22,24-25,36H,4-10,13,15-17H2,1-3H3/t18-,21+,22+,24+,25+,28+,29+,30+,31+/m1/s1. The van der Waals surface area contributed by atoms with Gasteiger partial charge < -0.3 is 9.84 Å². The van der Waals surface area contributed by atoms with Crippen molar-refractivity contribution in [2.24, 2.45) is 34.5 Å². The first-order valence-corrected chi connectivity index (χ1v) is 16.3. The first-order chi connectivity index (χ1) is 18.8. The van der Waals surface area contributed by atoms with Crippen molar-refractivity contribution in [1.29, 1.82) is 0 Å². The zero-order valence-electron chi connectivity index (χ0n) is 23.6. The van der Waals surface area contributed by atoms with Crippen LogP contribution in [0.4, 0.5) is 8.78 Å². The van der Waals surface area contributed by atoms with Crippen molar-refractivity contribution in [2.45, 2.75) is 109 Å². The molecule has 0 radical (unpaired) electrons. The number of hydrogen-bond donors (Lipinski definition) is 1. The summed E-state index contributed by atoms with van der Waals surface area (Å²) in [4.78, 5) is 39.4. The fraction of sp³-hybridized carbons (Fsp3) is 0.774. The summed E-state index contributed by atoms with van der Waals surface area (Å²) in [7, 11) is 0. The molecule has 4 saturated carbocycles. The Morgan fingerprint density at radius 3 is 2.55 bits per heavy atom. The van der Waals surface area contributed by atoms with Crippen LogP contribution in [0.5, 0.6) is 0 Å². The molecular weight excluding hydrogens is 558 g/mol. The van der Waals surface area contributed by atoms with E-state index in [0.717, 1.165) is 37.4 Å². The third-order valence-electron chi connectivity index (χ3n) is 11.4. The summed E-state index contributed by atoms with van der Waals surface area (Å²) in [5.74, 6) is -2.37. The SMILES string of the molecule is C[C@@H]1C[C@H]2[C@@H]3C[C@H](F)C4=CC(=O)C=C[C@]4(C)[C@@]3(F)[C@@H](O)C[C@]2(C)[C@@]1(OC(=O)CCC1CCCCC1)C(=O)SCCl. The first-order valence-electron chi connectivity index (χ1n) is 14.8. The van der Waals surface area contributed by atoms with Gasteiger partial charge in [-0.15, -0.1) is 11.6 Å². The minimum atomic E-state index is -2.26. The first kappa shape index (κ1) is 30.2. The van der Waals surface area contributed by atoms with Gasteiger partial charge in [0.15, 0.2) is 17.1 Å². The number of allylic oxidation sites excluding steroid dienone is 4. The Labute approximate surface area is 244 Å². The maximum Gasteiger partial charge on any atom is 0.306 e. The van der Waals surface area contributed by atoms with Crippen LogP contribution in [0, 0.1) is 34.5 Å². The summed E-state index contributed by atoms with van der Waals surface area (Å²) < 4.78 is 39.5. The molecule has 5 aliphatic carbocycles. The number of carbonyl (C=O) groups excluding carboxylic acids is 3. The van der Waals surface area contributed by atoms with E-state index in [0.29, 0.717) is 18.8 Å². The van der Waals surface area contributed by atoms with E-state index in [9.17, 15) is 19.5 Å². The second-order valence-electron chi connectivity index (χ2n) is 13.3. The van der Waals surface area contributed by atoms with E-state index >= 15 is 8.78 Å². The number of ketones is 1. The Hall–Kier alpha value is -1.25. The Kier molecular flexibility index (Phi) is 8.15. The summed E-state index contributed by atoms with van der Waals surface area (Å²) in [5, 5.41) is 11.2. The van der Waals surface area contributed by atoms with Crippen molar-refractivity contribution in [3.8, 4) is 0 Å². The number of aliphatic hydroxyl groups is 1. The second kappa shape index (κ2) is 10.8. The third kappa shape index (κ3) is 4.28. The average Bonchev–Trinajstić information content (AvgIpc) is 3.13. The van der Waals surface area contributed by atoms with Gasteiger partial charge in [0.2, 0.25) is 5.12 Å². The molecule has 0 unspecified atom stereocenters. The lowest BCUT2D eigenvalue weighted by atomic mass is 9.44. The van der Waals surface area contributed by atoms with Crippen LogP contribution in [-0.2, 0) is 19.1 Å². The highest BCUT2D eigenvalue weighted by Gasteiger charge is 2.78. The monoisotopic (exact) mass is 598 g/mol. The lowest BCUT2D eigenvalue weighted by molar-refractivity contribution is -0.228. The zero-order valence-corrected chi connectivity index (χ0v) is 25.2. The number of hydrogen-bond acceptors (Lipinski definition) is 6. The Balaban J connectivity index is 1.51. The molecule has 0 saturated heterocycles. The number of ether oxygens (including phenoxy) is 1. The number of thioether (sulfide) groups is 1. The summed E-state index contributed by atoms with van der Waals surface area (Å²) in [6.07, 6.45) is 7.25. The van der Waals surface area contributed by atoms with Crippen LogP contribution in [-0.4, -0.2) is 50.7 Å². The number of rotatable bonds is 6. The second-order valence-corrected chi connectivity index (χ2v) is 14.8. The van der Waals surface area contributed by atoms with Crippen molar-refractivity contribution in [1.82, 2.24) is 0 Å². The minimum Gasteiger partial charge on any atom is -0.449 e. The molecule has 5 rings (SSSR count). The molecular formula is C31H41ClF2O5S. The van der Waals surface area contributed by atoms with Gasteiger partial charge in [-0.1, -0.05) is 63.8 Å². The van der Waals surface area contributed by atoms with Crippen molar-refractivity contribution >= 4 is 40.2 Å². The average molecular weight is 599 g/mol. The van der Waals surface area contributed by atoms with Crippen LogP contribution < -0.4 is 0 Å². The van der Waals surface area contributed by atoms with Gasteiger partial charge in [-0.05, 0) is 62.2 Å². The number of fused-ring (bicyclic) bond motifs is 5. The fourth-order valence-electron chi connectivity index (χ4n) is 9.40. The molecule has 0 heterocycles. The Morgan fingerprint density at radius 1 is 1.18 bits per heavy atom. The molecule has 0 bridgehead atoms. The molecule has 5 aliphatic rings. The molecule has 0 amide bonds. The summed E-state index contributed by atoms with van der Waals surface area (Å²) in [5.41, 5.74) is -6.46. The zero-order chi connectivity index (χ0) is 29.1. The van der Waals surface area contributed by atoms with Crippen molar-refractivity contribution in [3.63, 3.8) is 0 Å². The number of esters is 1. The van der Waals surface area contributed by atoms with Gasteiger partial charge in [0.1, 0.15) is 6.17 Å². The van der Waals surface area contributed by atoms with Crippen LogP contribution in [0.1, 0.15) is 85.0 Å². The number of halogens is 3. The van der Waals surface area contributed by atoms with E-state index in [2.05, 4.69) is 0 Å². The van der Waals surface area contributed by atoms with Gasteiger partial charge in [0.05, 0.1) is 11.3 Å². The third-order valence-corrected chi connectivity index (χ3v) is 12.4. The topological polar surface area (TPSA) is 80.7 Å². The van der Waals surface area contributed by atoms with E-state index < -0.39 is 69.0 Å². The molecule has 0 aromatic heterocycles. The molecule has 40 heavy (non-hydrogen) atoms. The minimum absolute atomic E-state index is 0.0374.